The number of esters is 1. The molecular weight excluding hydrogens is 228 g/mol. The van der Waals surface area contributed by atoms with Gasteiger partial charge in [0.15, 0.2) is 5.78 Å². The van der Waals surface area contributed by atoms with Crippen molar-refractivity contribution in [1.82, 2.24) is 0 Å². The molecule has 0 aromatic heterocycles. The minimum Gasteiger partial charge on any atom is -0.465 e. The minimum absolute atomic E-state index is 0.0791. The Kier molecular flexibility index (Phi) is 3.80. The predicted molar refractivity (Wildman–Crippen MR) is 68.6 cm³/mol. The van der Waals surface area contributed by atoms with Crippen molar-refractivity contribution >= 4 is 11.8 Å². The van der Waals surface area contributed by atoms with Gasteiger partial charge in [-0.1, -0.05) is 31.5 Å². The van der Waals surface area contributed by atoms with Crippen molar-refractivity contribution in [3.05, 3.63) is 34.9 Å². The topological polar surface area (TPSA) is 43.4 Å². The summed E-state index contributed by atoms with van der Waals surface area (Å²) in [5, 5.41) is 0. The molecule has 0 bridgehead atoms. The Balaban J connectivity index is 2.09. The summed E-state index contributed by atoms with van der Waals surface area (Å²) in [4.78, 5) is 24.1. The van der Waals surface area contributed by atoms with Crippen LogP contribution in [-0.2, 0) is 16.0 Å². The molecular formula is C15H18O3. The molecule has 0 radical (unpaired) electrons. The smallest absolute Gasteiger partial charge is 0.317 e. The maximum Gasteiger partial charge on any atom is 0.317 e. The van der Waals surface area contributed by atoms with E-state index in [0.29, 0.717) is 13.0 Å². The third kappa shape index (κ3) is 2.30. The van der Waals surface area contributed by atoms with Crippen molar-refractivity contribution < 1.29 is 14.3 Å². The Hall–Kier alpha value is -1.64. The summed E-state index contributed by atoms with van der Waals surface area (Å²) in [6.45, 7) is 4.35. The first-order chi connectivity index (χ1) is 8.65. The first-order valence-electron chi connectivity index (χ1n) is 6.44. The van der Waals surface area contributed by atoms with Crippen LogP contribution in [0.1, 0.15) is 41.3 Å². The first kappa shape index (κ1) is 12.8. The van der Waals surface area contributed by atoms with Crippen LogP contribution < -0.4 is 0 Å². The summed E-state index contributed by atoms with van der Waals surface area (Å²) >= 11 is 0. The Morgan fingerprint density at radius 1 is 1.44 bits per heavy atom. The van der Waals surface area contributed by atoms with E-state index in [1.807, 2.05) is 32.0 Å². The molecule has 3 heteroatoms. The van der Waals surface area contributed by atoms with Crippen LogP contribution in [0.4, 0.5) is 0 Å². The summed E-state index contributed by atoms with van der Waals surface area (Å²) in [6.07, 6.45) is 2.31. The second kappa shape index (κ2) is 5.34. The fourth-order valence-corrected chi connectivity index (χ4v) is 2.35. The van der Waals surface area contributed by atoms with Gasteiger partial charge < -0.3 is 4.74 Å². The fraction of sp³-hybridized carbons (Fsp3) is 0.467. The Bertz CT molecular complexity index is 477. The van der Waals surface area contributed by atoms with Crippen molar-refractivity contribution in [2.75, 3.05) is 6.61 Å². The summed E-state index contributed by atoms with van der Waals surface area (Å²) in [5.74, 6) is -1.08. The fourth-order valence-electron chi connectivity index (χ4n) is 2.35. The Morgan fingerprint density at radius 3 is 2.89 bits per heavy atom. The SMILES string of the molecule is CCCCOC(=O)C1Cc2cccc(C)c2C1=O. The van der Waals surface area contributed by atoms with E-state index in [9.17, 15) is 9.59 Å². The van der Waals surface area contributed by atoms with Crippen molar-refractivity contribution in [2.24, 2.45) is 5.92 Å². The van der Waals surface area contributed by atoms with E-state index in [2.05, 4.69) is 0 Å². The maximum absolute atomic E-state index is 12.2. The highest BCUT2D eigenvalue weighted by molar-refractivity contribution is 6.13. The van der Waals surface area contributed by atoms with Gasteiger partial charge in [0.1, 0.15) is 5.92 Å². The zero-order valence-corrected chi connectivity index (χ0v) is 10.9. The number of aryl methyl sites for hydroxylation is 1. The van der Waals surface area contributed by atoms with Crippen LogP contribution in [0.3, 0.4) is 0 Å². The highest BCUT2D eigenvalue weighted by atomic mass is 16.5. The number of carbonyl (C=O) groups excluding carboxylic acids is 2. The molecule has 1 aliphatic rings. The summed E-state index contributed by atoms with van der Waals surface area (Å²) in [5.41, 5.74) is 2.63. The number of ketones is 1. The van der Waals surface area contributed by atoms with Crippen molar-refractivity contribution in [3.8, 4) is 0 Å². The number of hydrogen-bond acceptors (Lipinski definition) is 3. The third-order valence-corrected chi connectivity index (χ3v) is 3.37. The largest absolute Gasteiger partial charge is 0.465 e. The van der Waals surface area contributed by atoms with Gasteiger partial charge in [-0.3, -0.25) is 9.59 Å². The monoisotopic (exact) mass is 246 g/mol. The van der Waals surface area contributed by atoms with E-state index in [1.54, 1.807) is 0 Å². The standard InChI is InChI=1S/C15H18O3/c1-3-4-8-18-15(17)12-9-11-7-5-6-10(2)13(11)14(12)16/h5-7,12H,3-4,8-9H2,1-2H3. The van der Waals surface area contributed by atoms with E-state index < -0.39 is 5.92 Å². The summed E-state index contributed by atoms with van der Waals surface area (Å²) < 4.78 is 5.15. The predicted octanol–water partition coefficient (Wildman–Crippen LogP) is 2.69. The van der Waals surface area contributed by atoms with Gasteiger partial charge in [-0.15, -0.1) is 0 Å². The van der Waals surface area contributed by atoms with E-state index in [1.165, 1.54) is 0 Å². The third-order valence-electron chi connectivity index (χ3n) is 3.37. The van der Waals surface area contributed by atoms with Crippen LogP contribution in [0.5, 0.6) is 0 Å². The van der Waals surface area contributed by atoms with Crippen LogP contribution in [0.15, 0.2) is 18.2 Å². The van der Waals surface area contributed by atoms with Gasteiger partial charge in [0.25, 0.3) is 0 Å². The number of ether oxygens (including phenoxy) is 1. The molecule has 1 aromatic rings. The van der Waals surface area contributed by atoms with E-state index in [-0.39, 0.29) is 11.8 Å². The molecule has 96 valence electrons. The number of unbranched alkanes of at least 4 members (excludes halogenated alkanes) is 1. The van der Waals surface area contributed by atoms with Crippen LogP contribution >= 0.6 is 0 Å². The highest BCUT2D eigenvalue weighted by Gasteiger charge is 2.37. The van der Waals surface area contributed by atoms with Gasteiger partial charge in [-0.05, 0) is 30.9 Å². The van der Waals surface area contributed by atoms with Crippen LogP contribution in [0.2, 0.25) is 0 Å². The second-order valence-electron chi connectivity index (χ2n) is 4.75. The average Bonchev–Trinajstić information content (AvgIpc) is 2.68. The Labute approximate surface area is 107 Å². The first-order valence-corrected chi connectivity index (χ1v) is 6.44. The highest BCUT2D eigenvalue weighted by Crippen LogP contribution is 2.29. The lowest BCUT2D eigenvalue weighted by Gasteiger charge is -2.08. The molecule has 18 heavy (non-hydrogen) atoms. The maximum atomic E-state index is 12.2. The van der Waals surface area contributed by atoms with Gasteiger partial charge in [-0.25, -0.2) is 0 Å². The zero-order valence-electron chi connectivity index (χ0n) is 10.9. The molecule has 0 spiro atoms. The van der Waals surface area contributed by atoms with Gasteiger partial charge in [0, 0.05) is 5.56 Å². The number of fused-ring (bicyclic) bond motifs is 1. The van der Waals surface area contributed by atoms with Gasteiger partial charge >= 0.3 is 5.97 Å². The van der Waals surface area contributed by atoms with Crippen LogP contribution in [-0.4, -0.2) is 18.4 Å². The molecule has 3 nitrogen and oxygen atoms in total. The quantitative estimate of drug-likeness (QED) is 0.466. The number of hydrogen-bond donors (Lipinski definition) is 0. The van der Waals surface area contributed by atoms with Crippen molar-refractivity contribution in [1.29, 1.82) is 0 Å². The molecule has 1 aliphatic carbocycles. The molecule has 0 fully saturated rings. The second-order valence-corrected chi connectivity index (χ2v) is 4.75. The molecule has 0 amide bonds. The average molecular weight is 246 g/mol. The lowest BCUT2D eigenvalue weighted by Crippen LogP contribution is -2.23. The van der Waals surface area contributed by atoms with Gasteiger partial charge in [0.05, 0.1) is 6.61 Å². The number of benzene rings is 1. The van der Waals surface area contributed by atoms with Crippen molar-refractivity contribution in [2.45, 2.75) is 33.1 Å². The van der Waals surface area contributed by atoms with E-state index in [0.717, 1.165) is 29.5 Å². The molecule has 1 aromatic carbocycles. The van der Waals surface area contributed by atoms with Crippen molar-refractivity contribution in [3.63, 3.8) is 0 Å². The molecule has 0 heterocycles. The number of carbonyl (C=O) groups is 2. The number of rotatable bonds is 4. The normalized spacial score (nSPS) is 17.7. The van der Waals surface area contributed by atoms with Gasteiger partial charge in [-0.2, -0.15) is 0 Å². The number of Topliss-reactive ketones (excluding diaryl/α,β-unsaturated/α-hetero) is 1. The molecule has 0 aliphatic heterocycles. The zero-order chi connectivity index (χ0) is 13.1. The van der Waals surface area contributed by atoms with Crippen LogP contribution in [0, 0.1) is 12.8 Å². The lowest BCUT2D eigenvalue weighted by molar-refractivity contribution is -0.146. The molecule has 1 unspecified atom stereocenters. The van der Waals surface area contributed by atoms with Crippen LogP contribution in [0.25, 0.3) is 0 Å². The minimum atomic E-state index is -0.627. The molecule has 0 saturated heterocycles. The summed E-state index contributed by atoms with van der Waals surface area (Å²) in [6, 6.07) is 5.74. The van der Waals surface area contributed by atoms with Gasteiger partial charge in [0.2, 0.25) is 0 Å². The van der Waals surface area contributed by atoms with E-state index >= 15 is 0 Å². The lowest BCUT2D eigenvalue weighted by atomic mass is 10.0. The molecule has 0 saturated carbocycles. The molecule has 1 atom stereocenters. The Morgan fingerprint density at radius 2 is 2.22 bits per heavy atom. The molecule has 2 rings (SSSR count). The molecule has 0 N–H and O–H groups in total. The summed E-state index contributed by atoms with van der Waals surface area (Å²) in [7, 11) is 0. The van der Waals surface area contributed by atoms with E-state index in [4.69, 9.17) is 4.74 Å².